The third-order valence-corrected chi connectivity index (χ3v) is 4.24. The monoisotopic (exact) mass is 290 g/mol. The summed E-state index contributed by atoms with van der Waals surface area (Å²) < 4.78 is 5.46. The summed E-state index contributed by atoms with van der Waals surface area (Å²) in [5.74, 6) is 1.67. The van der Waals surface area contributed by atoms with Gasteiger partial charge in [0.25, 0.3) is 0 Å². The lowest BCUT2D eigenvalue weighted by Gasteiger charge is -2.26. The number of carbonyl (C=O) groups is 1. The minimum Gasteiger partial charge on any atom is -0.496 e. The molecule has 0 aliphatic carbocycles. The van der Waals surface area contributed by atoms with Gasteiger partial charge in [-0.05, 0) is 18.5 Å². The average molecular weight is 290 g/mol. The van der Waals surface area contributed by atoms with E-state index in [9.17, 15) is 4.79 Å². The van der Waals surface area contributed by atoms with Gasteiger partial charge in [-0.25, -0.2) is 0 Å². The summed E-state index contributed by atoms with van der Waals surface area (Å²) in [6, 6.07) is 8.15. The van der Waals surface area contributed by atoms with Crippen molar-refractivity contribution in [2.24, 2.45) is 5.92 Å². The molecule has 1 amide bonds. The zero-order chi connectivity index (χ0) is 15.2. The minimum absolute atomic E-state index is 0.116. The van der Waals surface area contributed by atoms with Gasteiger partial charge in [-0.15, -0.1) is 0 Å². The van der Waals surface area contributed by atoms with E-state index in [0.717, 1.165) is 30.8 Å². The Balaban J connectivity index is 2.14. The zero-order valence-corrected chi connectivity index (χ0v) is 13.3. The molecule has 0 saturated carbocycles. The van der Waals surface area contributed by atoms with Crippen molar-refractivity contribution in [3.05, 3.63) is 29.8 Å². The van der Waals surface area contributed by atoms with Crippen LogP contribution in [0.2, 0.25) is 0 Å². The number of nitrogens with one attached hydrogen (secondary N) is 1. The van der Waals surface area contributed by atoms with Crippen LogP contribution >= 0.6 is 0 Å². The van der Waals surface area contributed by atoms with Crippen LogP contribution in [0.3, 0.4) is 0 Å². The van der Waals surface area contributed by atoms with Gasteiger partial charge in [0.1, 0.15) is 5.75 Å². The summed E-state index contributed by atoms with van der Waals surface area (Å²) >= 11 is 0. The van der Waals surface area contributed by atoms with Crippen molar-refractivity contribution in [1.29, 1.82) is 0 Å². The minimum atomic E-state index is 0.116. The molecule has 2 atom stereocenters. The van der Waals surface area contributed by atoms with E-state index in [1.807, 2.05) is 23.1 Å². The van der Waals surface area contributed by atoms with Crippen molar-refractivity contribution in [1.82, 2.24) is 10.2 Å². The van der Waals surface area contributed by atoms with Crippen molar-refractivity contribution in [2.45, 2.75) is 32.7 Å². The lowest BCUT2D eigenvalue weighted by atomic mass is 10.0. The molecule has 4 nitrogen and oxygen atoms in total. The molecule has 1 saturated heterocycles. The number of benzene rings is 1. The molecule has 1 aliphatic rings. The van der Waals surface area contributed by atoms with E-state index in [2.05, 4.69) is 25.2 Å². The highest BCUT2D eigenvalue weighted by Gasteiger charge is 2.30. The number of likely N-dealkylation sites (tertiary alicyclic amines) is 1. The molecule has 1 heterocycles. The second-order valence-electron chi connectivity index (χ2n) is 5.63. The first kappa shape index (κ1) is 15.8. The molecule has 1 fully saturated rings. The fraction of sp³-hybridized carbons (Fsp3) is 0.588. The number of carbonyl (C=O) groups excluding carboxylic acids is 1. The van der Waals surface area contributed by atoms with Crippen LogP contribution in [-0.4, -0.2) is 37.6 Å². The molecule has 116 valence electrons. The number of rotatable bonds is 7. The highest BCUT2D eigenvalue weighted by Crippen LogP contribution is 2.28. The number of ether oxygens (including phenoxy) is 1. The molecule has 1 aromatic rings. The molecule has 0 aromatic heterocycles. The molecule has 0 bridgehead atoms. The number of nitrogens with zero attached hydrogens (tertiary/aromatic N) is 1. The molecule has 21 heavy (non-hydrogen) atoms. The van der Waals surface area contributed by atoms with Crippen LogP contribution in [0.15, 0.2) is 24.3 Å². The van der Waals surface area contributed by atoms with Gasteiger partial charge in [0.05, 0.1) is 13.2 Å². The first-order chi connectivity index (χ1) is 10.2. The zero-order valence-electron chi connectivity index (χ0n) is 13.3. The lowest BCUT2D eigenvalue weighted by molar-refractivity contribution is -0.128. The van der Waals surface area contributed by atoms with E-state index in [0.29, 0.717) is 18.9 Å². The first-order valence-corrected chi connectivity index (χ1v) is 7.83. The van der Waals surface area contributed by atoms with Crippen molar-refractivity contribution < 1.29 is 9.53 Å². The highest BCUT2D eigenvalue weighted by atomic mass is 16.5. The summed E-state index contributed by atoms with van der Waals surface area (Å²) in [4.78, 5) is 14.1. The number of para-hydroxylation sites is 1. The lowest BCUT2D eigenvalue weighted by Crippen LogP contribution is -2.36. The van der Waals surface area contributed by atoms with Gasteiger partial charge in [-0.2, -0.15) is 0 Å². The van der Waals surface area contributed by atoms with Crippen LogP contribution in [0, 0.1) is 5.92 Å². The molecule has 1 N–H and O–H groups in total. The van der Waals surface area contributed by atoms with Crippen molar-refractivity contribution >= 4 is 5.91 Å². The third kappa shape index (κ3) is 3.76. The maximum atomic E-state index is 12.1. The number of likely N-dealkylation sites (N-methyl/N-ethyl adjacent to an activating group) is 1. The average Bonchev–Trinajstić information content (AvgIpc) is 2.87. The predicted octanol–water partition coefficient (Wildman–Crippen LogP) is 2.60. The molecular weight excluding hydrogens is 264 g/mol. The maximum Gasteiger partial charge on any atom is 0.222 e. The fourth-order valence-electron chi connectivity index (χ4n) is 3.00. The molecule has 4 heteroatoms. The van der Waals surface area contributed by atoms with Crippen LogP contribution in [0.5, 0.6) is 5.75 Å². The standard InChI is InChI=1S/C17H26N2O2/c1-4-13-10-17(20)19(11-13)12-15(18-5-2)14-8-6-7-9-16(14)21-3/h6-9,13,15,18H,4-5,10-12H2,1-3H3. The summed E-state index contributed by atoms with van der Waals surface area (Å²) in [6.45, 7) is 6.70. The van der Waals surface area contributed by atoms with E-state index < -0.39 is 0 Å². The molecule has 2 unspecified atom stereocenters. The Kier molecular flexibility index (Phi) is 5.62. The number of methoxy groups -OCH3 is 1. The Morgan fingerprint density at radius 3 is 2.76 bits per heavy atom. The van der Waals surface area contributed by atoms with Gasteiger partial charge in [-0.3, -0.25) is 4.79 Å². The number of hydrogen-bond acceptors (Lipinski definition) is 3. The summed E-state index contributed by atoms with van der Waals surface area (Å²) in [6.07, 6.45) is 1.77. The molecule has 2 rings (SSSR count). The second kappa shape index (κ2) is 7.46. The quantitative estimate of drug-likeness (QED) is 0.839. The smallest absolute Gasteiger partial charge is 0.222 e. The van der Waals surface area contributed by atoms with Gasteiger partial charge >= 0.3 is 0 Å². The van der Waals surface area contributed by atoms with Crippen LogP contribution in [0.1, 0.15) is 38.3 Å². The molecule has 1 aliphatic heterocycles. The van der Waals surface area contributed by atoms with Gasteiger partial charge < -0.3 is 15.0 Å². The topological polar surface area (TPSA) is 41.6 Å². The summed E-state index contributed by atoms with van der Waals surface area (Å²) in [5, 5.41) is 3.48. The van der Waals surface area contributed by atoms with Gasteiger partial charge in [0.15, 0.2) is 0 Å². The highest BCUT2D eigenvalue weighted by molar-refractivity contribution is 5.78. The van der Waals surface area contributed by atoms with Crippen LogP contribution < -0.4 is 10.1 Å². The molecule has 0 spiro atoms. The number of amides is 1. The van der Waals surface area contributed by atoms with Crippen molar-refractivity contribution in [3.63, 3.8) is 0 Å². The first-order valence-electron chi connectivity index (χ1n) is 7.83. The van der Waals surface area contributed by atoms with E-state index in [1.165, 1.54) is 0 Å². The van der Waals surface area contributed by atoms with Crippen molar-refractivity contribution in [2.75, 3.05) is 26.7 Å². The Morgan fingerprint density at radius 2 is 2.14 bits per heavy atom. The molecular formula is C17H26N2O2. The van der Waals surface area contributed by atoms with Gasteiger partial charge in [-0.1, -0.05) is 38.5 Å². The van der Waals surface area contributed by atoms with Gasteiger partial charge in [0, 0.05) is 25.1 Å². The Hall–Kier alpha value is -1.55. The fourth-order valence-corrected chi connectivity index (χ4v) is 3.00. The summed E-state index contributed by atoms with van der Waals surface area (Å²) in [7, 11) is 1.69. The van der Waals surface area contributed by atoms with E-state index in [-0.39, 0.29) is 11.9 Å². The largest absolute Gasteiger partial charge is 0.496 e. The van der Waals surface area contributed by atoms with Crippen molar-refractivity contribution in [3.8, 4) is 5.75 Å². The van der Waals surface area contributed by atoms with Crippen LogP contribution in [-0.2, 0) is 4.79 Å². The third-order valence-electron chi connectivity index (χ3n) is 4.24. The SMILES string of the molecule is CCNC(CN1CC(CC)CC1=O)c1ccccc1OC. The maximum absolute atomic E-state index is 12.1. The molecule has 1 aromatic carbocycles. The Morgan fingerprint density at radius 1 is 1.38 bits per heavy atom. The molecule has 0 radical (unpaired) electrons. The number of hydrogen-bond donors (Lipinski definition) is 1. The Bertz CT molecular complexity index is 476. The van der Waals surface area contributed by atoms with Crippen LogP contribution in [0.4, 0.5) is 0 Å². The van der Waals surface area contributed by atoms with Crippen LogP contribution in [0.25, 0.3) is 0 Å². The predicted molar refractivity (Wildman–Crippen MR) is 84.4 cm³/mol. The van der Waals surface area contributed by atoms with Gasteiger partial charge in [0.2, 0.25) is 5.91 Å². The summed E-state index contributed by atoms with van der Waals surface area (Å²) in [5.41, 5.74) is 1.12. The Labute approximate surface area is 127 Å². The van der Waals surface area contributed by atoms with E-state index in [1.54, 1.807) is 7.11 Å². The second-order valence-corrected chi connectivity index (χ2v) is 5.63. The van der Waals surface area contributed by atoms with E-state index >= 15 is 0 Å². The van der Waals surface area contributed by atoms with E-state index in [4.69, 9.17) is 4.74 Å². The normalized spacial score (nSPS) is 19.9.